The maximum atomic E-state index is 14.1. The molecule has 0 spiro atoms. The zero-order valence-electron chi connectivity index (χ0n) is 22.5. The summed E-state index contributed by atoms with van der Waals surface area (Å²) in [7, 11) is 6.44. The lowest BCUT2D eigenvalue weighted by molar-refractivity contribution is 0.354. The summed E-state index contributed by atoms with van der Waals surface area (Å²) in [5.41, 5.74) is 6.04. The van der Waals surface area contributed by atoms with E-state index in [1.165, 1.54) is 16.9 Å². The molecule has 6 rings (SSSR count). The molecule has 1 aliphatic heterocycles. The van der Waals surface area contributed by atoms with Gasteiger partial charge in [-0.05, 0) is 69.7 Å². The highest BCUT2D eigenvalue weighted by molar-refractivity contribution is 9.10. The van der Waals surface area contributed by atoms with Gasteiger partial charge < -0.3 is 18.9 Å². The number of hydrogen-bond donors (Lipinski definition) is 0. The third-order valence-corrected chi connectivity index (χ3v) is 8.99. The molecular weight excluding hydrogens is 592 g/mol. The molecule has 1 aromatic heterocycles. The van der Waals surface area contributed by atoms with Gasteiger partial charge in [0.2, 0.25) is 0 Å². The number of thiazole rings is 1. The average molecular weight is 620 g/mol. The molecule has 2 aliphatic rings. The van der Waals surface area contributed by atoms with Crippen LogP contribution in [0.25, 0.3) is 11.8 Å². The van der Waals surface area contributed by atoms with E-state index in [2.05, 4.69) is 34.1 Å². The van der Waals surface area contributed by atoms with Crippen LogP contribution in [0.15, 0.2) is 74.4 Å². The van der Waals surface area contributed by atoms with Crippen molar-refractivity contribution >= 4 is 39.0 Å². The lowest BCUT2D eigenvalue weighted by atomic mass is 9.83. The van der Waals surface area contributed by atoms with Gasteiger partial charge in [0, 0.05) is 17.2 Å². The van der Waals surface area contributed by atoms with Crippen molar-refractivity contribution in [2.45, 2.75) is 18.9 Å². The smallest absolute Gasteiger partial charge is 0.271 e. The van der Waals surface area contributed by atoms with Crippen LogP contribution in [-0.2, 0) is 6.42 Å². The van der Waals surface area contributed by atoms with E-state index in [9.17, 15) is 4.79 Å². The molecule has 7 nitrogen and oxygen atoms in total. The summed E-state index contributed by atoms with van der Waals surface area (Å²) < 4.78 is 25.3. The minimum Gasteiger partial charge on any atom is -0.496 e. The van der Waals surface area contributed by atoms with Crippen LogP contribution in [-0.4, -0.2) is 33.0 Å². The quantitative estimate of drug-likeness (QED) is 0.300. The summed E-state index contributed by atoms with van der Waals surface area (Å²) in [5, 5.41) is 0. The molecule has 0 saturated carbocycles. The number of rotatable bonds is 6. The Morgan fingerprint density at radius 3 is 2.40 bits per heavy atom. The van der Waals surface area contributed by atoms with E-state index in [1.807, 2.05) is 41.0 Å². The van der Waals surface area contributed by atoms with Crippen LogP contribution in [0.3, 0.4) is 0 Å². The van der Waals surface area contributed by atoms with Crippen molar-refractivity contribution in [3.8, 4) is 23.0 Å². The average Bonchev–Trinajstić information content (AvgIpc) is 3.29. The van der Waals surface area contributed by atoms with Crippen molar-refractivity contribution in [2.75, 3.05) is 28.4 Å². The molecule has 40 heavy (non-hydrogen) atoms. The Hall–Kier alpha value is -3.82. The van der Waals surface area contributed by atoms with Gasteiger partial charge in [0.05, 0.1) is 49.2 Å². The SMILES string of the molecule is COc1cc(OC)c(/C=c2/sc3n(c2=O)[C@@H](c2ccc(OC)c(OC)c2)C2=C(N=3)c3ccccc3CC2)cc1Br. The first kappa shape index (κ1) is 26.4. The molecule has 0 bridgehead atoms. The van der Waals surface area contributed by atoms with Crippen molar-refractivity contribution in [3.63, 3.8) is 0 Å². The van der Waals surface area contributed by atoms with Gasteiger partial charge in [-0.1, -0.05) is 41.7 Å². The summed E-state index contributed by atoms with van der Waals surface area (Å²) in [4.78, 5) is 19.9. The van der Waals surface area contributed by atoms with Gasteiger partial charge in [-0.2, -0.15) is 0 Å². The Morgan fingerprint density at radius 2 is 1.65 bits per heavy atom. The van der Waals surface area contributed by atoms with Crippen LogP contribution < -0.4 is 33.8 Å². The van der Waals surface area contributed by atoms with Crippen molar-refractivity contribution in [1.29, 1.82) is 0 Å². The number of aromatic nitrogens is 1. The second-order valence-corrected chi connectivity index (χ2v) is 11.3. The molecule has 0 unspecified atom stereocenters. The number of nitrogens with zero attached hydrogens (tertiary/aromatic N) is 2. The van der Waals surface area contributed by atoms with Gasteiger partial charge in [-0.25, -0.2) is 4.99 Å². The summed E-state index contributed by atoms with van der Waals surface area (Å²) in [6.07, 6.45) is 3.54. The van der Waals surface area contributed by atoms with Crippen LogP contribution >= 0.6 is 27.3 Å². The van der Waals surface area contributed by atoms with E-state index in [1.54, 1.807) is 34.5 Å². The molecule has 1 atom stereocenters. The molecule has 3 aromatic carbocycles. The molecule has 9 heteroatoms. The Balaban J connectivity index is 1.61. The fraction of sp³-hybridized carbons (Fsp3) is 0.226. The summed E-state index contributed by atoms with van der Waals surface area (Å²) >= 11 is 4.93. The van der Waals surface area contributed by atoms with Gasteiger partial charge in [-0.15, -0.1) is 0 Å². The normalized spacial score (nSPS) is 16.0. The number of hydrogen-bond acceptors (Lipinski definition) is 7. The highest BCUT2D eigenvalue weighted by atomic mass is 79.9. The number of allylic oxidation sites excluding steroid dienone is 1. The molecule has 204 valence electrons. The van der Waals surface area contributed by atoms with Crippen molar-refractivity contribution in [1.82, 2.24) is 4.57 Å². The molecule has 0 saturated heterocycles. The van der Waals surface area contributed by atoms with Crippen LogP contribution in [0, 0.1) is 0 Å². The second kappa shape index (κ2) is 10.6. The lowest BCUT2D eigenvalue weighted by Crippen LogP contribution is -2.38. The number of halogens is 1. The second-order valence-electron chi connectivity index (χ2n) is 9.46. The fourth-order valence-electron chi connectivity index (χ4n) is 5.48. The zero-order chi connectivity index (χ0) is 28.0. The predicted octanol–water partition coefficient (Wildman–Crippen LogP) is 5.12. The topological polar surface area (TPSA) is 71.3 Å². The lowest BCUT2D eigenvalue weighted by Gasteiger charge is -2.31. The number of methoxy groups -OCH3 is 4. The zero-order valence-corrected chi connectivity index (χ0v) is 24.9. The minimum absolute atomic E-state index is 0.108. The molecule has 0 amide bonds. The predicted molar refractivity (Wildman–Crippen MR) is 160 cm³/mol. The van der Waals surface area contributed by atoms with Gasteiger partial charge in [0.15, 0.2) is 16.3 Å². The van der Waals surface area contributed by atoms with Gasteiger partial charge in [-0.3, -0.25) is 9.36 Å². The highest BCUT2D eigenvalue weighted by Gasteiger charge is 2.33. The first-order valence-electron chi connectivity index (χ1n) is 12.7. The van der Waals surface area contributed by atoms with E-state index in [0.29, 0.717) is 32.3 Å². The van der Waals surface area contributed by atoms with Crippen LogP contribution in [0.5, 0.6) is 23.0 Å². The Kier molecular flexibility index (Phi) is 7.02. The molecule has 2 heterocycles. The van der Waals surface area contributed by atoms with Crippen LogP contribution in [0.2, 0.25) is 0 Å². The standard InChI is InChI=1S/C31H27BrN2O5S/c1-36-23-12-10-18(14-26(23)39-4)29-21-11-9-17-7-5-6-8-20(17)28(21)33-31-34(29)30(35)27(40-31)15-19-13-22(32)25(38-3)16-24(19)37-2/h5-8,10,12-16,29H,9,11H2,1-4H3/b27-15+/t29-/m0/s1. The van der Waals surface area contributed by atoms with Crippen molar-refractivity contribution < 1.29 is 18.9 Å². The largest absolute Gasteiger partial charge is 0.496 e. The summed E-state index contributed by atoms with van der Waals surface area (Å²) in [6.45, 7) is 0. The number of fused-ring (bicyclic) bond motifs is 3. The van der Waals surface area contributed by atoms with Crippen LogP contribution in [0.1, 0.15) is 34.7 Å². The minimum atomic E-state index is -0.328. The maximum absolute atomic E-state index is 14.1. The highest BCUT2D eigenvalue weighted by Crippen LogP contribution is 2.43. The third-order valence-electron chi connectivity index (χ3n) is 7.39. The molecule has 4 aromatic rings. The van der Waals surface area contributed by atoms with E-state index < -0.39 is 0 Å². The van der Waals surface area contributed by atoms with Gasteiger partial charge in [0.25, 0.3) is 5.56 Å². The Bertz CT molecular complexity index is 1860. The van der Waals surface area contributed by atoms with E-state index >= 15 is 0 Å². The number of aryl methyl sites for hydroxylation is 1. The van der Waals surface area contributed by atoms with Gasteiger partial charge >= 0.3 is 0 Å². The monoisotopic (exact) mass is 618 g/mol. The van der Waals surface area contributed by atoms with E-state index in [-0.39, 0.29) is 11.6 Å². The summed E-state index contributed by atoms with van der Waals surface area (Å²) in [6, 6.07) is 17.6. The van der Waals surface area contributed by atoms with Crippen molar-refractivity contribution in [3.05, 3.63) is 107 Å². The number of benzene rings is 3. The maximum Gasteiger partial charge on any atom is 0.271 e. The molecule has 0 radical (unpaired) electrons. The number of ether oxygens (including phenoxy) is 4. The van der Waals surface area contributed by atoms with Crippen LogP contribution in [0.4, 0.5) is 0 Å². The first-order chi connectivity index (χ1) is 19.5. The van der Waals surface area contributed by atoms with E-state index in [4.69, 9.17) is 23.9 Å². The molecule has 0 fully saturated rings. The third kappa shape index (κ3) is 4.33. The fourth-order valence-corrected chi connectivity index (χ4v) is 7.00. The first-order valence-corrected chi connectivity index (χ1v) is 14.3. The van der Waals surface area contributed by atoms with Crippen molar-refractivity contribution in [2.24, 2.45) is 4.99 Å². The molecule has 0 N–H and O–H groups in total. The van der Waals surface area contributed by atoms with Gasteiger partial charge in [0.1, 0.15) is 11.5 Å². The molecular formula is C31H27BrN2O5S. The summed E-state index contributed by atoms with van der Waals surface area (Å²) in [5.74, 6) is 2.51. The molecule has 1 aliphatic carbocycles. The Morgan fingerprint density at radius 1 is 0.900 bits per heavy atom. The van der Waals surface area contributed by atoms with E-state index in [0.717, 1.165) is 45.3 Å². The Labute approximate surface area is 243 Å².